The average molecular weight is 288 g/mol. The van der Waals surface area contributed by atoms with Crippen molar-refractivity contribution in [3.05, 3.63) is 29.8 Å². The molecule has 1 amide bonds. The van der Waals surface area contributed by atoms with Crippen LogP contribution in [0.15, 0.2) is 24.3 Å². The van der Waals surface area contributed by atoms with E-state index in [-0.39, 0.29) is 5.91 Å². The Morgan fingerprint density at radius 2 is 2.05 bits per heavy atom. The molecule has 1 fully saturated rings. The molecular weight excluding hydrogens is 268 g/mol. The Balaban J connectivity index is 1.61. The lowest BCUT2D eigenvalue weighted by molar-refractivity contribution is -0.117. The molecule has 1 heterocycles. The molecule has 0 atom stereocenters. The number of amides is 1. The quantitative estimate of drug-likeness (QED) is 0.815. The third-order valence-electron chi connectivity index (χ3n) is 3.47. The fourth-order valence-corrected chi connectivity index (χ4v) is 2.18. The van der Waals surface area contributed by atoms with Gasteiger partial charge in [0.05, 0.1) is 24.7 Å². The first kappa shape index (κ1) is 15.5. The molecule has 0 unspecified atom stereocenters. The molecule has 0 radical (unpaired) electrons. The average Bonchev–Trinajstić information content (AvgIpc) is 2.53. The maximum Gasteiger partial charge on any atom is 0.226 e. The SMILES string of the molecule is N#Cc1ccc(NC(=O)CCOCC2CCOCC2)cc1. The third kappa shape index (κ3) is 5.54. The molecule has 0 saturated carbocycles. The number of nitriles is 1. The zero-order chi connectivity index (χ0) is 14.9. The Kier molecular flexibility index (Phi) is 6.20. The monoisotopic (exact) mass is 288 g/mol. The molecule has 1 aliphatic rings. The number of benzene rings is 1. The van der Waals surface area contributed by atoms with Gasteiger partial charge < -0.3 is 14.8 Å². The molecule has 1 saturated heterocycles. The molecule has 5 heteroatoms. The van der Waals surface area contributed by atoms with Crippen molar-refractivity contribution in [1.82, 2.24) is 0 Å². The standard InChI is InChI=1S/C16H20N2O3/c17-11-13-1-3-15(4-2-13)18-16(19)7-10-21-12-14-5-8-20-9-6-14/h1-4,14H,5-10,12H2,(H,18,19). The van der Waals surface area contributed by atoms with Gasteiger partial charge in [0.25, 0.3) is 0 Å². The first-order chi connectivity index (χ1) is 10.3. The molecule has 0 bridgehead atoms. The van der Waals surface area contributed by atoms with Crippen molar-refractivity contribution < 1.29 is 14.3 Å². The van der Waals surface area contributed by atoms with Gasteiger partial charge in [0.15, 0.2) is 0 Å². The molecule has 0 aliphatic carbocycles. The molecule has 112 valence electrons. The van der Waals surface area contributed by atoms with Gasteiger partial charge >= 0.3 is 0 Å². The van der Waals surface area contributed by atoms with Crippen LogP contribution in [-0.4, -0.2) is 32.3 Å². The fraction of sp³-hybridized carbons (Fsp3) is 0.500. The first-order valence-electron chi connectivity index (χ1n) is 7.23. The van der Waals surface area contributed by atoms with Gasteiger partial charge in [-0.05, 0) is 43.0 Å². The second kappa shape index (κ2) is 8.40. The molecular formula is C16H20N2O3. The molecule has 1 N–H and O–H groups in total. The number of hydrogen-bond donors (Lipinski definition) is 1. The summed E-state index contributed by atoms with van der Waals surface area (Å²) in [7, 11) is 0. The van der Waals surface area contributed by atoms with Crippen molar-refractivity contribution >= 4 is 11.6 Å². The summed E-state index contributed by atoms with van der Waals surface area (Å²) in [6.45, 7) is 2.76. The lowest BCUT2D eigenvalue weighted by Crippen LogP contribution is -2.21. The summed E-state index contributed by atoms with van der Waals surface area (Å²) < 4.78 is 10.8. The van der Waals surface area contributed by atoms with E-state index in [0.717, 1.165) is 26.1 Å². The summed E-state index contributed by atoms with van der Waals surface area (Å²) in [5.74, 6) is 0.479. The maximum atomic E-state index is 11.7. The number of carbonyl (C=O) groups is 1. The zero-order valence-electron chi connectivity index (χ0n) is 12.0. The van der Waals surface area contributed by atoms with Crippen molar-refractivity contribution in [3.63, 3.8) is 0 Å². The van der Waals surface area contributed by atoms with Crippen LogP contribution in [0.5, 0.6) is 0 Å². The Morgan fingerprint density at radius 3 is 2.71 bits per heavy atom. The van der Waals surface area contributed by atoms with Gasteiger partial charge in [-0.3, -0.25) is 4.79 Å². The number of rotatable bonds is 6. The molecule has 21 heavy (non-hydrogen) atoms. The highest BCUT2D eigenvalue weighted by atomic mass is 16.5. The largest absolute Gasteiger partial charge is 0.381 e. The van der Waals surface area contributed by atoms with Gasteiger partial charge in [0.1, 0.15) is 0 Å². The van der Waals surface area contributed by atoms with Gasteiger partial charge in [0.2, 0.25) is 5.91 Å². The van der Waals surface area contributed by atoms with E-state index in [1.165, 1.54) is 0 Å². The smallest absolute Gasteiger partial charge is 0.226 e. The predicted octanol–water partition coefficient (Wildman–Crippen LogP) is 2.33. The van der Waals surface area contributed by atoms with Gasteiger partial charge in [-0.25, -0.2) is 0 Å². The van der Waals surface area contributed by atoms with Crippen LogP contribution in [-0.2, 0) is 14.3 Å². The molecule has 5 nitrogen and oxygen atoms in total. The van der Waals surface area contributed by atoms with Gasteiger partial charge in [-0.2, -0.15) is 5.26 Å². The van der Waals surface area contributed by atoms with E-state index in [9.17, 15) is 4.79 Å². The zero-order valence-corrected chi connectivity index (χ0v) is 12.0. The van der Waals surface area contributed by atoms with Crippen molar-refractivity contribution in [2.24, 2.45) is 5.92 Å². The third-order valence-corrected chi connectivity index (χ3v) is 3.47. The lowest BCUT2D eigenvalue weighted by atomic mass is 10.0. The molecule has 0 aromatic heterocycles. The Bertz CT molecular complexity index is 487. The van der Waals surface area contributed by atoms with Crippen molar-refractivity contribution in [2.75, 3.05) is 31.7 Å². The van der Waals surface area contributed by atoms with E-state index in [1.807, 2.05) is 6.07 Å². The summed E-state index contributed by atoms with van der Waals surface area (Å²) in [4.78, 5) is 11.7. The molecule has 0 spiro atoms. The molecule has 1 aromatic rings. The van der Waals surface area contributed by atoms with Crippen LogP contribution in [0.25, 0.3) is 0 Å². The van der Waals surface area contributed by atoms with Gasteiger partial charge in [-0.1, -0.05) is 0 Å². The summed E-state index contributed by atoms with van der Waals surface area (Å²) in [6.07, 6.45) is 2.41. The highest BCUT2D eigenvalue weighted by molar-refractivity contribution is 5.90. The number of nitrogens with one attached hydrogen (secondary N) is 1. The second-order valence-electron chi connectivity index (χ2n) is 5.12. The van der Waals surface area contributed by atoms with E-state index >= 15 is 0 Å². The molecule has 2 rings (SSSR count). The van der Waals surface area contributed by atoms with Gasteiger partial charge in [-0.15, -0.1) is 0 Å². The maximum absolute atomic E-state index is 11.7. The molecule has 1 aromatic carbocycles. The van der Waals surface area contributed by atoms with Crippen LogP contribution in [0.1, 0.15) is 24.8 Å². The summed E-state index contributed by atoms with van der Waals surface area (Å²) in [5.41, 5.74) is 1.27. The van der Waals surface area contributed by atoms with E-state index < -0.39 is 0 Å². The van der Waals surface area contributed by atoms with Crippen LogP contribution >= 0.6 is 0 Å². The van der Waals surface area contributed by atoms with Crippen molar-refractivity contribution in [3.8, 4) is 6.07 Å². The van der Waals surface area contributed by atoms with Crippen LogP contribution in [0.4, 0.5) is 5.69 Å². The number of hydrogen-bond acceptors (Lipinski definition) is 4. The Hall–Kier alpha value is -1.90. The first-order valence-corrected chi connectivity index (χ1v) is 7.23. The predicted molar refractivity (Wildman–Crippen MR) is 78.8 cm³/mol. The summed E-state index contributed by atoms with van der Waals surface area (Å²) in [5, 5.41) is 11.5. The number of anilines is 1. The van der Waals surface area contributed by atoms with Crippen molar-refractivity contribution in [2.45, 2.75) is 19.3 Å². The number of ether oxygens (including phenoxy) is 2. The summed E-state index contributed by atoms with van der Waals surface area (Å²) >= 11 is 0. The number of nitrogens with zero attached hydrogens (tertiary/aromatic N) is 1. The minimum Gasteiger partial charge on any atom is -0.381 e. The second-order valence-corrected chi connectivity index (χ2v) is 5.12. The van der Waals surface area contributed by atoms with Crippen LogP contribution in [0, 0.1) is 17.2 Å². The topological polar surface area (TPSA) is 71.4 Å². The van der Waals surface area contributed by atoms with E-state index in [2.05, 4.69) is 5.32 Å². The fourth-order valence-electron chi connectivity index (χ4n) is 2.18. The van der Waals surface area contributed by atoms with Crippen molar-refractivity contribution in [1.29, 1.82) is 5.26 Å². The normalized spacial score (nSPS) is 15.4. The van der Waals surface area contributed by atoms with Gasteiger partial charge in [0, 0.05) is 25.5 Å². The molecule has 1 aliphatic heterocycles. The number of carbonyl (C=O) groups excluding carboxylic acids is 1. The Labute approximate surface area is 124 Å². The lowest BCUT2D eigenvalue weighted by Gasteiger charge is -2.21. The minimum absolute atomic E-state index is 0.0771. The van der Waals surface area contributed by atoms with Crippen LogP contribution < -0.4 is 5.32 Å². The van der Waals surface area contributed by atoms with E-state index in [0.29, 0.717) is 36.8 Å². The summed E-state index contributed by atoms with van der Waals surface area (Å²) in [6, 6.07) is 8.84. The van der Waals surface area contributed by atoms with E-state index in [4.69, 9.17) is 14.7 Å². The van der Waals surface area contributed by atoms with Crippen LogP contribution in [0.2, 0.25) is 0 Å². The van der Waals surface area contributed by atoms with E-state index in [1.54, 1.807) is 24.3 Å². The Morgan fingerprint density at radius 1 is 1.33 bits per heavy atom. The highest BCUT2D eigenvalue weighted by Crippen LogP contribution is 2.15. The van der Waals surface area contributed by atoms with Crippen LogP contribution in [0.3, 0.4) is 0 Å². The minimum atomic E-state index is -0.0771. The highest BCUT2D eigenvalue weighted by Gasteiger charge is 2.13.